The van der Waals surface area contributed by atoms with Crippen LogP contribution in [-0.2, 0) is 16.0 Å². The molecule has 0 aliphatic carbocycles. The van der Waals surface area contributed by atoms with Crippen molar-refractivity contribution in [2.45, 2.75) is 5.75 Å². The summed E-state index contributed by atoms with van der Waals surface area (Å²) in [5.41, 5.74) is 2.05. The summed E-state index contributed by atoms with van der Waals surface area (Å²) in [4.78, 5) is 12.2. The largest absolute Gasteiger partial charge is 0.351 e. The molecule has 0 bridgehead atoms. The minimum atomic E-state index is -3.56. The number of carbonyl (C=O) groups excluding carboxylic acids is 1. The van der Waals surface area contributed by atoms with Crippen LogP contribution in [0.3, 0.4) is 0 Å². The third kappa shape index (κ3) is 5.88. The number of anilines is 1. The molecule has 28 heavy (non-hydrogen) atoms. The number of amides is 1. The van der Waals surface area contributed by atoms with E-state index in [0.717, 1.165) is 26.4 Å². The van der Waals surface area contributed by atoms with E-state index in [4.69, 9.17) is 11.6 Å². The van der Waals surface area contributed by atoms with E-state index in [-0.39, 0.29) is 5.91 Å². The lowest BCUT2D eigenvalue weighted by Gasteiger charge is -2.23. The van der Waals surface area contributed by atoms with Crippen molar-refractivity contribution in [1.29, 1.82) is 0 Å². The molecule has 2 aromatic carbocycles. The molecule has 0 aromatic heterocycles. The second kappa shape index (κ2) is 10.2. The number of halogens is 1. The number of nitrogens with zero attached hydrogens (tertiary/aromatic N) is 2. The van der Waals surface area contributed by atoms with Crippen LogP contribution in [0.15, 0.2) is 48.5 Å². The number of carbonyl (C=O) groups is 1. The molecule has 1 N–H and O–H groups in total. The monoisotopic (exact) mass is 441 g/mol. The van der Waals surface area contributed by atoms with Crippen LogP contribution in [0, 0.1) is 0 Å². The SMILES string of the molecule is CN(C)S(=O)(=O)N(C)c1ccc(C(=O)NCCSCc2ccccc2Cl)cc1. The number of nitrogens with one attached hydrogen (secondary N) is 1. The lowest BCUT2D eigenvalue weighted by Crippen LogP contribution is -2.37. The zero-order valence-electron chi connectivity index (χ0n) is 16.1. The average Bonchev–Trinajstić information content (AvgIpc) is 2.68. The van der Waals surface area contributed by atoms with Crippen LogP contribution in [0.2, 0.25) is 5.02 Å². The van der Waals surface area contributed by atoms with Crippen LogP contribution < -0.4 is 9.62 Å². The average molecular weight is 442 g/mol. The molecule has 152 valence electrons. The summed E-state index contributed by atoms with van der Waals surface area (Å²) in [5.74, 6) is 1.36. The van der Waals surface area contributed by atoms with Crippen LogP contribution in [0.1, 0.15) is 15.9 Å². The molecule has 0 aliphatic rings. The van der Waals surface area contributed by atoms with Gasteiger partial charge < -0.3 is 5.32 Å². The third-order valence-electron chi connectivity index (χ3n) is 4.05. The molecule has 0 fully saturated rings. The van der Waals surface area contributed by atoms with Gasteiger partial charge in [0, 0.05) is 49.8 Å². The highest BCUT2D eigenvalue weighted by atomic mass is 35.5. The maximum Gasteiger partial charge on any atom is 0.303 e. The van der Waals surface area contributed by atoms with Crippen LogP contribution in [0.5, 0.6) is 0 Å². The Kier molecular flexibility index (Phi) is 8.18. The van der Waals surface area contributed by atoms with Crippen molar-refractivity contribution in [1.82, 2.24) is 9.62 Å². The Morgan fingerprint density at radius 3 is 2.32 bits per heavy atom. The maximum absolute atomic E-state index is 12.2. The number of rotatable bonds is 9. The Hall–Kier alpha value is -1.74. The Balaban J connectivity index is 1.82. The molecule has 1 amide bonds. The summed E-state index contributed by atoms with van der Waals surface area (Å²) in [6, 6.07) is 14.2. The summed E-state index contributed by atoms with van der Waals surface area (Å²) in [6.07, 6.45) is 0. The molecule has 2 aromatic rings. The third-order valence-corrected chi connectivity index (χ3v) is 7.25. The zero-order chi connectivity index (χ0) is 20.7. The lowest BCUT2D eigenvalue weighted by molar-refractivity contribution is 0.0956. The molecule has 0 unspecified atom stereocenters. The normalized spacial score (nSPS) is 11.5. The summed E-state index contributed by atoms with van der Waals surface area (Å²) in [7, 11) is 0.857. The molecule has 0 saturated heterocycles. The molecule has 2 rings (SSSR count). The first-order valence-corrected chi connectivity index (χ1v) is 11.5. The molecule has 0 spiro atoms. The van der Waals surface area contributed by atoms with Gasteiger partial charge in [0.05, 0.1) is 5.69 Å². The summed E-state index contributed by atoms with van der Waals surface area (Å²) in [6.45, 7) is 0.532. The summed E-state index contributed by atoms with van der Waals surface area (Å²) < 4.78 is 26.6. The Morgan fingerprint density at radius 2 is 1.71 bits per heavy atom. The number of hydrogen-bond donors (Lipinski definition) is 1. The Morgan fingerprint density at radius 1 is 1.07 bits per heavy atom. The van der Waals surface area contributed by atoms with Crippen LogP contribution >= 0.6 is 23.4 Å². The van der Waals surface area contributed by atoms with Crippen LogP contribution in [0.4, 0.5) is 5.69 Å². The predicted octanol–water partition coefficient (Wildman–Crippen LogP) is 3.25. The van der Waals surface area contributed by atoms with E-state index in [1.54, 1.807) is 36.0 Å². The highest BCUT2D eigenvalue weighted by Gasteiger charge is 2.21. The van der Waals surface area contributed by atoms with Gasteiger partial charge in [0.25, 0.3) is 5.91 Å². The van der Waals surface area contributed by atoms with Crippen molar-refractivity contribution < 1.29 is 13.2 Å². The van der Waals surface area contributed by atoms with Gasteiger partial charge in [0.1, 0.15) is 0 Å². The minimum absolute atomic E-state index is 0.192. The fourth-order valence-corrected chi connectivity index (χ4v) is 4.36. The number of benzene rings is 2. The molecule has 6 nitrogen and oxygen atoms in total. The van der Waals surface area contributed by atoms with Crippen LogP contribution in [0.25, 0.3) is 0 Å². The second-order valence-corrected chi connectivity index (χ2v) is 9.89. The molecular weight excluding hydrogens is 418 g/mol. The van der Waals surface area contributed by atoms with Gasteiger partial charge in [0.2, 0.25) is 0 Å². The van der Waals surface area contributed by atoms with Gasteiger partial charge in [-0.05, 0) is 35.9 Å². The van der Waals surface area contributed by atoms with Crippen molar-refractivity contribution in [3.63, 3.8) is 0 Å². The van der Waals surface area contributed by atoms with Gasteiger partial charge in [-0.15, -0.1) is 0 Å². The van der Waals surface area contributed by atoms with Crippen molar-refractivity contribution in [3.05, 3.63) is 64.7 Å². The second-order valence-electron chi connectivity index (χ2n) is 6.20. The van der Waals surface area contributed by atoms with Crippen molar-refractivity contribution >= 4 is 45.2 Å². The first kappa shape index (κ1) is 22.5. The summed E-state index contributed by atoms with van der Waals surface area (Å²) in [5, 5.41) is 3.61. The minimum Gasteiger partial charge on any atom is -0.351 e. The van der Waals surface area contributed by atoms with Crippen molar-refractivity contribution in [2.24, 2.45) is 0 Å². The van der Waals surface area contributed by atoms with Crippen molar-refractivity contribution in [3.8, 4) is 0 Å². The van der Waals surface area contributed by atoms with Gasteiger partial charge in [-0.25, -0.2) is 0 Å². The molecule has 0 aliphatic heterocycles. The Bertz CT molecular complexity index is 903. The first-order valence-electron chi connectivity index (χ1n) is 8.59. The molecule has 0 heterocycles. The number of thioether (sulfide) groups is 1. The molecular formula is C19H24ClN3O3S2. The maximum atomic E-state index is 12.2. The Labute approximate surface area is 176 Å². The van der Waals surface area contributed by atoms with E-state index in [0.29, 0.717) is 17.8 Å². The van der Waals surface area contributed by atoms with E-state index in [9.17, 15) is 13.2 Å². The van der Waals surface area contributed by atoms with Crippen molar-refractivity contribution in [2.75, 3.05) is 37.7 Å². The van der Waals surface area contributed by atoms with E-state index in [2.05, 4.69) is 5.32 Å². The van der Waals surface area contributed by atoms with Crippen LogP contribution in [-0.4, -0.2) is 52.1 Å². The highest BCUT2D eigenvalue weighted by molar-refractivity contribution is 7.98. The van der Waals surface area contributed by atoms with E-state index >= 15 is 0 Å². The smallest absolute Gasteiger partial charge is 0.303 e. The van der Waals surface area contributed by atoms with Gasteiger partial charge in [-0.1, -0.05) is 29.8 Å². The van der Waals surface area contributed by atoms with Gasteiger partial charge in [-0.3, -0.25) is 9.10 Å². The zero-order valence-corrected chi connectivity index (χ0v) is 18.4. The van der Waals surface area contributed by atoms with E-state index in [1.807, 2.05) is 24.3 Å². The lowest BCUT2D eigenvalue weighted by atomic mass is 10.2. The highest BCUT2D eigenvalue weighted by Crippen LogP contribution is 2.20. The van der Waals surface area contributed by atoms with Gasteiger partial charge >= 0.3 is 10.2 Å². The standard InChI is InChI=1S/C19H24ClN3O3S2/c1-22(2)28(25,26)23(3)17-10-8-15(9-11-17)19(24)21-12-13-27-14-16-6-4-5-7-18(16)20/h4-11H,12-14H2,1-3H3,(H,21,24). The number of hydrogen-bond acceptors (Lipinski definition) is 4. The molecule has 0 atom stereocenters. The van der Waals surface area contributed by atoms with Gasteiger partial charge in [0.15, 0.2) is 0 Å². The summed E-state index contributed by atoms with van der Waals surface area (Å²) >= 11 is 7.81. The van der Waals surface area contributed by atoms with E-state index in [1.165, 1.54) is 25.4 Å². The molecule has 9 heteroatoms. The molecule has 0 radical (unpaired) electrons. The topological polar surface area (TPSA) is 69.7 Å². The fourth-order valence-electron chi connectivity index (χ4n) is 2.34. The predicted molar refractivity (Wildman–Crippen MR) is 117 cm³/mol. The molecule has 0 saturated carbocycles. The van der Waals surface area contributed by atoms with Gasteiger partial charge in [-0.2, -0.15) is 24.5 Å². The fraction of sp³-hybridized carbons (Fsp3) is 0.316. The first-order chi connectivity index (χ1) is 13.2. The van der Waals surface area contributed by atoms with E-state index < -0.39 is 10.2 Å². The quantitative estimate of drug-likeness (QED) is 0.606.